The Labute approximate surface area is 147 Å². The van der Waals surface area contributed by atoms with Crippen molar-refractivity contribution in [3.63, 3.8) is 0 Å². The van der Waals surface area contributed by atoms with Crippen molar-refractivity contribution >= 4 is 11.0 Å². The van der Waals surface area contributed by atoms with Crippen LogP contribution in [0.3, 0.4) is 0 Å². The van der Waals surface area contributed by atoms with E-state index in [1.807, 2.05) is 0 Å². The van der Waals surface area contributed by atoms with Gasteiger partial charge in [-0.25, -0.2) is 0 Å². The number of methoxy groups -OCH3 is 3. The van der Waals surface area contributed by atoms with Crippen LogP contribution in [0.4, 0.5) is 0 Å². The van der Waals surface area contributed by atoms with Crippen LogP contribution < -0.4 is 19.6 Å². The van der Waals surface area contributed by atoms with E-state index in [9.17, 15) is 20.1 Å². The monoisotopic (exact) mass is 360 g/mol. The van der Waals surface area contributed by atoms with Gasteiger partial charge in [-0.15, -0.1) is 0 Å². The van der Waals surface area contributed by atoms with E-state index in [1.165, 1.54) is 33.5 Å². The lowest BCUT2D eigenvalue weighted by Crippen LogP contribution is -2.02. The summed E-state index contributed by atoms with van der Waals surface area (Å²) in [5.74, 6) is -0.686. The van der Waals surface area contributed by atoms with E-state index in [2.05, 4.69) is 0 Å². The highest BCUT2D eigenvalue weighted by molar-refractivity contribution is 5.87. The molecular weight excluding hydrogens is 344 g/mol. The highest BCUT2D eigenvalue weighted by atomic mass is 16.5. The number of rotatable bonds is 4. The van der Waals surface area contributed by atoms with Gasteiger partial charge in [0.1, 0.15) is 28.2 Å². The summed E-state index contributed by atoms with van der Waals surface area (Å²) in [7, 11) is 4.08. The molecule has 0 saturated heterocycles. The molecule has 2 aromatic carbocycles. The zero-order valence-electron chi connectivity index (χ0n) is 14.2. The lowest BCUT2D eigenvalue weighted by atomic mass is 10.1. The van der Waals surface area contributed by atoms with Crippen molar-refractivity contribution in [3.05, 3.63) is 34.5 Å². The van der Waals surface area contributed by atoms with E-state index in [-0.39, 0.29) is 51.0 Å². The van der Waals surface area contributed by atoms with Crippen molar-refractivity contribution in [2.45, 2.75) is 0 Å². The van der Waals surface area contributed by atoms with E-state index in [1.54, 1.807) is 0 Å². The molecule has 8 heteroatoms. The molecule has 0 aliphatic rings. The van der Waals surface area contributed by atoms with Gasteiger partial charge in [0.2, 0.25) is 11.5 Å². The van der Waals surface area contributed by atoms with Gasteiger partial charge in [-0.2, -0.15) is 0 Å². The Kier molecular flexibility index (Phi) is 4.25. The minimum absolute atomic E-state index is 0.00882. The van der Waals surface area contributed by atoms with E-state index in [0.29, 0.717) is 0 Å². The molecule has 0 unspecified atom stereocenters. The number of ether oxygens (including phenoxy) is 3. The van der Waals surface area contributed by atoms with Crippen LogP contribution in [-0.2, 0) is 0 Å². The van der Waals surface area contributed by atoms with Crippen LogP contribution in [0.1, 0.15) is 0 Å². The summed E-state index contributed by atoms with van der Waals surface area (Å²) in [5, 5.41) is 29.8. The maximum atomic E-state index is 12.4. The first-order valence-electron chi connectivity index (χ1n) is 7.43. The molecule has 136 valence electrons. The Balaban J connectivity index is 2.36. The number of benzene rings is 2. The molecule has 1 aromatic heterocycles. The molecule has 1 heterocycles. The first-order valence-corrected chi connectivity index (χ1v) is 7.43. The Morgan fingerprint density at radius 1 is 0.885 bits per heavy atom. The molecule has 0 aliphatic heterocycles. The number of phenolic OH excluding ortho intramolecular Hbond substituents is 3. The molecular formula is C18H16O8. The Bertz CT molecular complexity index is 1050. The van der Waals surface area contributed by atoms with Crippen molar-refractivity contribution in [2.24, 2.45) is 0 Å². The predicted octanol–water partition coefficient (Wildman–Crippen LogP) is 2.60. The minimum atomic E-state index is -0.532. The van der Waals surface area contributed by atoms with Gasteiger partial charge in [0.15, 0.2) is 16.9 Å². The van der Waals surface area contributed by atoms with Crippen LogP contribution in [0.25, 0.3) is 22.3 Å². The van der Waals surface area contributed by atoms with E-state index in [4.69, 9.17) is 18.6 Å². The molecule has 0 atom stereocenters. The SMILES string of the molecule is COc1cc(-c2cc(=O)c3c(O)cc(O)cc3o2)c(OC)c(O)c1OC. The largest absolute Gasteiger partial charge is 0.508 e. The van der Waals surface area contributed by atoms with Gasteiger partial charge in [0.05, 0.1) is 26.9 Å². The molecule has 26 heavy (non-hydrogen) atoms. The van der Waals surface area contributed by atoms with E-state index >= 15 is 0 Å². The second-order valence-electron chi connectivity index (χ2n) is 5.35. The van der Waals surface area contributed by atoms with Gasteiger partial charge < -0.3 is 33.9 Å². The molecule has 3 rings (SSSR count). The third-order valence-corrected chi connectivity index (χ3v) is 3.86. The summed E-state index contributed by atoms with van der Waals surface area (Å²) in [6, 6.07) is 4.86. The van der Waals surface area contributed by atoms with Crippen molar-refractivity contribution in [3.8, 4) is 45.8 Å². The van der Waals surface area contributed by atoms with Gasteiger partial charge in [0, 0.05) is 18.2 Å². The molecule has 0 spiro atoms. The van der Waals surface area contributed by atoms with Gasteiger partial charge in [-0.3, -0.25) is 4.79 Å². The maximum Gasteiger partial charge on any atom is 0.207 e. The van der Waals surface area contributed by atoms with Crippen LogP contribution in [-0.4, -0.2) is 36.6 Å². The summed E-state index contributed by atoms with van der Waals surface area (Å²) in [6.07, 6.45) is 0. The third kappa shape index (κ3) is 2.61. The van der Waals surface area contributed by atoms with Gasteiger partial charge >= 0.3 is 0 Å². The summed E-state index contributed by atoms with van der Waals surface area (Å²) in [4.78, 5) is 12.4. The molecule has 0 saturated carbocycles. The van der Waals surface area contributed by atoms with Crippen molar-refractivity contribution in [1.82, 2.24) is 0 Å². The zero-order chi connectivity index (χ0) is 19.0. The van der Waals surface area contributed by atoms with Gasteiger partial charge in [-0.05, 0) is 6.07 Å². The summed E-state index contributed by atoms with van der Waals surface area (Å²) in [5.41, 5.74) is -0.333. The smallest absolute Gasteiger partial charge is 0.207 e. The molecule has 3 N–H and O–H groups in total. The predicted molar refractivity (Wildman–Crippen MR) is 92.6 cm³/mol. The Morgan fingerprint density at radius 3 is 2.19 bits per heavy atom. The van der Waals surface area contributed by atoms with Crippen LogP contribution in [0, 0.1) is 0 Å². The zero-order valence-corrected chi connectivity index (χ0v) is 14.2. The summed E-state index contributed by atoms with van der Waals surface area (Å²) in [6.45, 7) is 0. The maximum absolute atomic E-state index is 12.4. The quantitative estimate of drug-likeness (QED) is 0.650. The number of phenols is 3. The molecule has 8 nitrogen and oxygen atoms in total. The number of hydrogen-bond donors (Lipinski definition) is 3. The first-order chi connectivity index (χ1) is 12.4. The van der Waals surface area contributed by atoms with Gasteiger partial charge in [0.25, 0.3) is 0 Å². The normalized spacial score (nSPS) is 10.7. The number of aromatic hydroxyl groups is 3. The first kappa shape index (κ1) is 17.3. The average Bonchev–Trinajstić information content (AvgIpc) is 2.59. The Hall–Kier alpha value is -3.55. The third-order valence-electron chi connectivity index (χ3n) is 3.86. The minimum Gasteiger partial charge on any atom is -0.508 e. The fourth-order valence-corrected chi connectivity index (χ4v) is 2.73. The number of hydrogen-bond acceptors (Lipinski definition) is 8. The van der Waals surface area contributed by atoms with Crippen LogP contribution in [0.15, 0.2) is 33.5 Å². The molecule has 0 bridgehead atoms. The fourth-order valence-electron chi connectivity index (χ4n) is 2.73. The summed E-state index contributed by atoms with van der Waals surface area (Å²) >= 11 is 0. The van der Waals surface area contributed by atoms with E-state index < -0.39 is 11.2 Å². The molecule has 0 aliphatic carbocycles. The van der Waals surface area contributed by atoms with Crippen molar-refractivity contribution in [1.29, 1.82) is 0 Å². The highest BCUT2D eigenvalue weighted by Gasteiger charge is 2.23. The number of fused-ring (bicyclic) bond motifs is 1. The van der Waals surface area contributed by atoms with Crippen LogP contribution in [0.2, 0.25) is 0 Å². The highest BCUT2D eigenvalue weighted by Crippen LogP contribution is 2.49. The molecule has 0 fully saturated rings. The topological polar surface area (TPSA) is 119 Å². The van der Waals surface area contributed by atoms with Gasteiger partial charge in [-0.1, -0.05) is 0 Å². The molecule has 3 aromatic rings. The fraction of sp³-hybridized carbons (Fsp3) is 0.167. The Morgan fingerprint density at radius 2 is 1.58 bits per heavy atom. The molecule has 0 radical (unpaired) electrons. The van der Waals surface area contributed by atoms with Crippen LogP contribution >= 0.6 is 0 Å². The standard InChI is InChI=1S/C18H16O8/c1-23-14-6-9(17(24-2)16(22)18(14)25-3)12-7-11(21)15-10(20)4-8(19)5-13(15)26-12/h4-7,19-20,22H,1-3H3. The molecule has 0 amide bonds. The van der Waals surface area contributed by atoms with Crippen molar-refractivity contribution < 1.29 is 33.9 Å². The lowest BCUT2D eigenvalue weighted by molar-refractivity contribution is 0.316. The average molecular weight is 360 g/mol. The lowest BCUT2D eigenvalue weighted by Gasteiger charge is -2.16. The second-order valence-corrected chi connectivity index (χ2v) is 5.35. The summed E-state index contributed by atoms with van der Waals surface area (Å²) < 4.78 is 21.2. The van der Waals surface area contributed by atoms with Crippen molar-refractivity contribution in [2.75, 3.05) is 21.3 Å². The van der Waals surface area contributed by atoms with Crippen LogP contribution in [0.5, 0.6) is 34.5 Å². The second kappa shape index (κ2) is 6.40. The van der Waals surface area contributed by atoms with E-state index in [0.717, 1.165) is 12.1 Å².